The predicted molar refractivity (Wildman–Crippen MR) is 146 cm³/mol. The monoisotopic (exact) mass is 618 g/mol. The summed E-state index contributed by atoms with van der Waals surface area (Å²) < 4.78 is 22.4. The Morgan fingerprint density at radius 3 is 2.57 bits per heavy atom. The van der Waals surface area contributed by atoms with E-state index in [1.165, 1.54) is 7.11 Å². The minimum absolute atomic E-state index is 0.0763. The summed E-state index contributed by atoms with van der Waals surface area (Å²) in [6, 6.07) is 1.76. The van der Waals surface area contributed by atoms with E-state index in [0.29, 0.717) is 30.9 Å². The van der Waals surface area contributed by atoms with E-state index in [4.69, 9.17) is 29.2 Å². The summed E-state index contributed by atoms with van der Waals surface area (Å²) in [6.07, 6.45) is -3.48. The molecule has 0 aromatic heterocycles. The first-order valence-corrected chi connectivity index (χ1v) is 14.1. The number of amides is 1. The van der Waals surface area contributed by atoms with Gasteiger partial charge in [-0.15, -0.1) is 0 Å². The number of piperidine rings is 1. The number of carbonyl (C=O) groups is 5. The second-order valence-corrected chi connectivity index (χ2v) is 11.6. The molecule has 1 aromatic rings. The standard InChI is InChI=1S/C29H34N2O13/c1-13(25(36)30-15(26(37)38)11-20(33)34)42-21(35)12-16(32)27(39)43-18-6-7-29(40)19-10-14-4-5-17(41-3)23-22(14)28(29,24(18)44-23)8-9-31(19)2/h4-6,13,15-16,19,24,32,40H,7-12H2,1-3H3,(H,30,36)(H,33,34)(H,37,38)/t13-,15-,16-,19-,24-,28-,29+/m0/s1. The van der Waals surface area contributed by atoms with Gasteiger partial charge in [0.1, 0.15) is 11.8 Å². The number of nitrogens with zero attached hydrogens (tertiary/aromatic N) is 1. The first kappa shape index (κ1) is 31.2. The van der Waals surface area contributed by atoms with Gasteiger partial charge < -0.3 is 49.6 Å². The molecule has 1 amide bonds. The Hall–Kier alpha value is -4.21. The second-order valence-electron chi connectivity index (χ2n) is 11.6. The Balaban J connectivity index is 1.28. The highest BCUT2D eigenvalue weighted by atomic mass is 16.6. The Labute approximate surface area is 251 Å². The molecule has 0 saturated carbocycles. The molecule has 2 heterocycles. The highest BCUT2D eigenvalue weighted by molar-refractivity contribution is 5.90. The van der Waals surface area contributed by atoms with Crippen LogP contribution in [0.25, 0.3) is 0 Å². The molecule has 4 aliphatic rings. The molecule has 0 radical (unpaired) electrons. The number of likely N-dealkylation sites (tertiary alicyclic amines) is 1. The van der Waals surface area contributed by atoms with Gasteiger partial charge in [0, 0.05) is 18.0 Å². The molecule has 7 atom stereocenters. The van der Waals surface area contributed by atoms with Crippen molar-refractivity contribution in [3.8, 4) is 11.5 Å². The number of carbonyl (C=O) groups excluding carboxylic acids is 3. The number of aliphatic hydroxyl groups excluding tert-OH is 1. The van der Waals surface area contributed by atoms with Gasteiger partial charge in [-0.1, -0.05) is 6.07 Å². The Bertz CT molecular complexity index is 1440. The van der Waals surface area contributed by atoms with Gasteiger partial charge in [-0.2, -0.15) is 0 Å². The minimum atomic E-state index is -2.00. The number of methoxy groups -OCH3 is 1. The first-order chi connectivity index (χ1) is 20.7. The number of nitrogens with one attached hydrogen (secondary N) is 1. The molecule has 5 N–H and O–H groups in total. The van der Waals surface area contributed by atoms with Gasteiger partial charge in [-0.05, 0) is 51.1 Å². The van der Waals surface area contributed by atoms with Crippen LogP contribution in [-0.4, -0.2) is 112 Å². The third kappa shape index (κ3) is 4.94. The van der Waals surface area contributed by atoms with Crippen LogP contribution < -0.4 is 14.8 Å². The van der Waals surface area contributed by atoms with Crippen molar-refractivity contribution in [2.75, 3.05) is 20.7 Å². The molecule has 238 valence electrons. The van der Waals surface area contributed by atoms with Crippen LogP contribution in [0.4, 0.5) is 0 Å². The molecule has 1 fully saturated rings. The molecular weight excluding hydrogens is 584 g/mol. The fraction of sp³-hybridized carbons (Fsp3) is 0.552. The van der Waals surface area contributed by atoms with Crippen LogP contribution in [0.2, 0.25) is 0 Å². The quantitative estimate of drug-likeness (QED) is 0.193. The van der Waals surface area contributed by atoms with Gasteiger partial charge in [0.2, 0.25) is 0 Å². The Morgan fingerprint density at radius 1 is 1.18 bits per heavy atom. The lowest BCUT2D eigenvalue weighted by molar-refractivity contribution is -0.173. The second kappa shape index (κ2) is 11.4. The number of benzene rings is 1. The van der Waals surface area contributed by atoms with Crippen molar-refractivity contribution in [2.24, 2.45) is 0 Å². The predicted octanol–water partition coefficient (Wildman–Crippen LogP) is -0.757. The van der Waals surface area contributed by atoms with Gasteiger partial charge in [0.05, 0.1) is 31.0 Å². The summed E-state index contributed by atoms with van der Waals surface area (Å²) in [5, 5.41) is 42.6. The Kier molecular flexibility index (Phi) is 8.07. The number of aliphatic carboxylic acids is 2. The summed E-state index contributed by atoms with van der Waals surface area (Å²) in [5.74, 6) is -5.50. The molecule has 15 nitrogen and oxygen atoms in total. The maximum atomic E-state index is 13.0. The summed E-state index contributed by atoms with van der Waals surface area (Å²) in [4.78, 5) is 61.7. The zero-order valence-corrected chi connectivity index (χ0v) is 24.3. The maximum absolute atomic E-state index is 13.0. The van der Waals surface area contributed by atoms with Gasteiger partial charge in [0.25, 0.3) is 5.91 Å². The van der Waals surface area contributed by atoms with Crippen molar-refractivity contribution >= 4 is 29.8 Å². The number of rotatable bonds is 11. The average molecular weight is 619 g/mol. The van der Waals surface area contributed by atoms with Crippen LogP contribution in [-0.2, 0) is 45.3 Å². The fourth-order valence-corrected chi connectivity index (χ4v) is 6.98. The van der Waals surface area contributed by atoms with E-state index in [1.54, 1.807) is 12.1 Å². The van der Waals surface area contributed by atoms with Crippen LogP contribution >= 0.6 is 0 Å². The zero-order valence-electron chi connectivity index (χ0n) is 24.3. The van der Waals surface area contributed by atoms with E-state index in [9.17, 15) is 34.2 Å². The normalized spacial score (nSPS) is 28.2. The SMILES string of the molecule is COc1ccc2c3c1O[C@H]1C(OC(=O)[C@@H](O)CC(=O)O[C@@H](C)C(=O)N[C@@H](CC(=O)O)C(=O)O)=CC[C@@]4(O)[C@H](C2)N(C)CC[C@]314. The van der Waals surface area contributed by atoms with Crippen molar-refractivity contribution in [1.82, 2.24) is 10.2 Å². The van der Waals surface area contributed by atoms with Crippen LogP contribution in [0, 0.1) is 0 Å². The van der Waals surface area contributed by atoms with E-state index in [2.05, 4.69) is 4.90 Å². The van der Waals surface area contributed by atoms with Gasteiger partial charge >= 0.3 is 23.9 Å². The number of carboxylic acids is 2. The molecule has 44 heavy (non-hydrogen) atoms. The summed E-state index contributed by atoms with van der Waals surface area (Å²) in [6.45, 7) is 1.76. The number of carboxylic acid groups (broad SMARTS) is 2. The molecule has 0 unspecified atom stereocenters. The first-order valence-electron chi connectivity index (χ1n) is 14.1. The van der Waals surface area contributed by atoms with Crippen molar-refractivity contribution in [2.45, 2.75) is 80.4 Å². The number of aliphatic hydroxyl groups is 2. The molecule has 1 aromatic carbocycles. The molecule has 2 aliphatic carbocycles. The number of ether oxygens (including phenoxy) is 4. The smallest absolute Gasteiger partial charge is 0.340 e. The van der Waals surface area contributed by atoms with Crippen LogP contribution in [0.5, 0.6) is 11.5 Å². The molecule has 1 spiro atoms. The van der Waals surface area contributed by atoms with E-state index < -0.39 is 78.0 Å². The topological polar surface area (TPSA) is 218 Å². The van der Waals surface area contributed by atoms with Gasteiger partial charge in [-0.25, -0.2) is 9.59 Å². The van der Waals surface area contributed by atoms with Crippen molar-refractivity contribution in [3.05, 3.63) is 35.1 Å². The van der Waals surface area contributed by atoms with Crippen molar-refractivity contribution in [1.29, 1.82) is 0 Å². The zero-order chi connectivity index (χ0) is 32.1. The maximum Gasteiger partial charge on any atom is 0.340 e. The van der Waals surface area contributed by atoms with E-state index in [1.807, 2.05) is 18.4 Å². The summed E-state index contributed by atoms with van der Waals surface area (Å²) >= 11 is 0. The molecule has 2 bridgehead atoms. The third-order valence-corrected chi connectivity index (χ3v) is 9.08. The van der Waals surface area contributed by atoms with Crippen LogP contribution in [0.1, 0.15) is 43.7 Å². The lowest BCUT2D eigenvalue weighted by atomic mass is 9.50. The van der Waals surface area contributed by atoms with E-state index in [-0.39, 0.29) is 18.2 Å². The number of hydrogen-bond acceptors (Lipinski definition) is 12. The lowest BCUT2D eigenvalue weighted by Crippen LogP contribution is -2.74. The van der Waals surface area contributed by atoms with Crippen molar-refractivity contribution in [3.63, 3.8) is 0 Å². The van der Waals surface area contributed by atoms with E-state index in [0.717, 1.165) is 18.1 Å². The molecule has 15 heteroatoms. The summed E-state index contributed by atoms with van der Waals surface area (Å²) in [5.41, 5.74) is -0.377. The largest absolute Gasteiger partial charge is 0.493 e. The molecule has 2 aliphatic heterocycles. The van der Waals surface area contributed by atoms with Gasteiger partial charge in [-0.3, -0.25) is 14.4 Å². The molecular formula is C29H34N2O13. The number of hydrogen-bond donors (Lipinski definition) is 5. The highest BCUT2D eigenvalue weighted by Gasteiger charge is 2.72. The van der Waals surface area contributed by atoms with E-state index >= 15 is 0 Å². The molecule has 5 rings (SSSR count). The van der Waals surface area contributed by atoms with Gasteiger partial charge in [0.15, 0.2) is 29.8 Å². The van der Waals surface area contributed by atoms with Crippen LogP contribution in [0.15, 0.2) is 24.0 Å². The summed E-state index contributed by atoms with van der Waals surface area (Å²) in [7, 11) is 3.46. The Morgan fingerprint density at radius 2 is 1.91 bits per heavy atom. The number of esters is 2. The van der Waals surface area contributed by atoms with Crippen LogP contribution in [0.3, 0.4) is 0 Å². The minimum Gasteiger partial charge on any atom is -0.493 e. The number of likely N-dealkylation sites (N-methyl/N-ethyl adjacent to an activating group) is 1. The lowest BCUT2D eigenvalue weighted by Gasteiger charge is -2.61. The average Bonchev–Trinajstić information content (AvgIpc) is 3.31. The fourth-order valence-electron chi connectivity index (χ4n) is 6.98. The highest BCUT2D eigenvalue weighted by Crippen LogP contribution is 2.65. The molecule has 1 saturated heterocycles. The third-order valence-electron chi connectivity index (χ3n) is 9.08. The van der Waals surface area contributed by atoms with Crippen molar-refractivity contribution < 1.29 is 63.3 Å².